The average molecular weight is 447 g/mol. The van der Waals surface area contributed by atoms with E-state index in [-0.39, 0.29) is 11.9 Å². The summed E-state index contributed by atoms with van der Waals surface area (Å²) in [6.45, 7) is 6.70. The van der Waals surface area contributed by atoms with Crippen molar-refractivity contribution < 1.29 is 13.2 Å². The van der Waals surface area contributed by atoms with Crippen LogP contribution in [0.5, 0.6) is 0 Å². The summed E-state index contributed by atoms with van der Waals surface area (Å²) in [5.74, 6) is 0.688. The van der Waals surface area contributed by atoms with E-state index in [1.54, 1.807) is 0 Å². The zero-order valence-corrected chi connectivity index (χ0v) is 19.4. The Bertz CT molecular complexity index is 917. The molecule has 2 rings (SSSR count). The summed E-state index contributed by atoms with van der Waals surface area (Å²) in [5, 5.41) is 6.55. The highest BCUT2D eigenvalue weighted by Crippen LogP contribution is 2.15. The standard InChI is InChI=1S/C23H34N4O3S/c1-4-25-23(26-14-9-15-30-19(2)22-12-6-5-7-13-22)27-17-20-10-8-11-21(16-20)18-31(28,29)24-3/h5-8,10-13,16,19,24H,4,9,14-15,17-18H2,1-3H3,(H2,25,26,27). The third-order valence-electron chi connectivity index (χ3n) is 4.67. The highest BCUT2D eigenvalue weighted by Gasteiger charge is 2.09. The molecule has 0 radical (unpaired) electrons. The van der Waals surface area contributed by atoms with E-state index in [2.05, 4.69) is 39.4 Å². The molecule has 170 valence electrons. The molecular formula is C23H34N4O3S. The quantitative estimate of drug-likeness (QED) is 0.265. The topological polar surface area (TPSA) is 91.8 Å². The van der Waals surface area contributed by atoms with E-state index < -0.39 is 10.0 Å². The lowest BCUT2D eigenvalue weighted by molar-refractivity contribution is 0.0646. The number of rotatable bonds is 12. The Morgan fingerprint density at radius 3 is 2.52 bits per heavy atom. The Balaban J connectivity index is 1.81. The van der Waals surface area contributed by atoms with Gasteiger partial charge in [-0.3, -0.25) is 0 Å². The number of benzene rings is 2. The van der Waals surface area contributed by atoms with E-state index in [0.717, 1.165) is 36.6 Å². The Hall–Kier alpha value is -2.42. The Morgan fingerprint density at radius 1 is 1.06 bits per heavy atom. The minimum absolute atomic E-state index is 0.0409. The summed E-state index contributed by atoms with van der Waals surface area (Å²) >= 11 is 0. The third kappa shape index (κ3) is 9.50. The fraction of sp³-hybridized carbons (Fsp3) is 0.435. The minimum Gasteiger partial charge on any atom is -0.374 e. The summed E-state index contributed by atoms with van der Waals surface area (Å²) < 4.78 is 31.8. The zero-order valence-electron chi connectivity index (χ0n) is 18.6. The van der Waals surface area contributed by atoms with Gasteiger partial charge in [-0.2, -0.15) is 0 Å². The highest BCUT2D eigenvalue weighted by molar-refractivity contribution is 7.88. The molecule has 0 aliphatic carbocycles. The van der Waals surface area contributed by atoms with Crippen molar-refractivity contribution in [2.24, 2.45) is 4.99 Å². The molecule has 0 aliphatic rings. The fourth-order valence-corrected chi connectivity index (χ4v) is 3.74. The molecule has 0 aliphatic heterocycles. The van der Waals surface area contributed by atoms with Gasteiger partial charge in [0.05, 0.1) is 18.4 Å². The van der Waals surface area contributed by atoms with Crippen LogP contribution < -0.4 is 15.4 Å². The van der Waals surface area contributed by atoms with Crippen LogP contribution >= 0.6 is 0 Å². The van der Waals surface area contributed by atoms with E-state index in [9.17, 15) is 8.42 Å². The number of guanidine groups is 1. The van der Waals surface area contributed by atoms with Crippen molar-refractivity contribution in [1.29, 1.82) is 0 Å². The molecule has 2 aromatic carbocycles. The first-order valence-corrected chi connectivity index (χ1v) is 12.3. The number of nitrogens with zero attached hydrogens (tertiary/aromatic N) is 1. The van der Waals surface area contributed by atoms with Crippen molar-refractivity contribution in [2.75, 3.05) is 26.7 Å². The van der Waals surface area contributed by atoms with Crippen molar-refractivity contribution in [2.45, 2.75) is 38.7 Å². The molecule has 3 N–H and O–H groups in total. The summed E-state index contributed by atoms with van der Waals surface area (Å²) in [6, 6.07) is 17.7. The van der Waals surface area contributed by atoms with E-state index in [0.29, 0.717) is 13.2 Å². The number of aliphatic imine (C=N–C) groups is 1. The van der Waals surface area contributed by atoms with E-state index in [1.165, 1.54) is 12.6 Å². The van der Waals surface area contributed by atoms with Crippen LogP contribution in [-0.2, 0) is 27.1 Å². The van der Waals surface area contributed by atoms with Crippen LogP contribution in [0.1, 0.15) is 43.1 Å². The van der Waals surface area contributed by atoms with Crippen LogP contribution in [0.3, 0.4) is 0 Å². The second-order valence-electron chi connectivity index (χ2n) is 7.18. The molecule has 1 atom stereocenters. The normalized spacial score (nSPS) is 13.1. The monoisotopic (exact) mass is 446 g/mol. The summed E-state index contributed by atoms with van der Waals surface area (Å²) in [7, 11) is -1.87. The van der Waals surface area contributed by atoms with E-state index in [4.69, 9.17) is 4.74 Å². The van der Waals surface area contributed by atoms with Gasteiger partial charge in [0.25, 0.3) is 0 Å². The van der Waals surface area contributed by atoms with Crippen molar-refractivity contribution in [3.63, 3.8) is 0 Å². The molecule has 0 bridgehead atoms. The second kappa shape index (κ2) is 13.1. The van der Waals surface area contributed by atoms with E-state index >= 15 is 0 Å². The molecule has 0 spiro atoms. The molecule has 0 heterocycles. The maximum atomic E-state index is 11.8. The van der Waals surface area contributed by atoms with Crippen LogP contribution in [0.15, 0.2) is 59.6 Å². The Kier molecular flexibility index (Phi) is 10.5. The number of hydrogen-bond donors (Lipinski definition) is 3. The van der Waals surface area contributed by atoms with Crippen LogP contribution in [0.2, 0.25) is 0 Å². The molecule has 0 fully saturated rings. The fourth-order valence-electron chi connectivity index (χ4n) is 2.98. The van der Waals surface area contributed by atoms with Gasteiger partial charge < -0.3 is 15.4 Å². The lowest BCUT2D eigenvalue weighted by Crippen LogP contribution is -2.38. The molecule has 0 saturated carbocycles. The third-order valence-corrected chi connectivity index (χ3v) is 6.01. The van der Waals surface area contributed by atoms with Gasteiger partial charge in [0.2, 0.25) is 10.0 Å². The SMILES string of the molecule is CCNC(=NCc1cccc(CS(=O)(=O)NC)c1)NCCCOC(C)c1ccccc1. The van der Waals surface area contributed by atoms with Gasteiger partial charge in [0.1, 0.15) is 0 Å². The maximum absolute atomic E-state index is 11.8. The molecule has 0 saturated heterocycles. The minimum atomic E-state index is -3.29. The largest absolute Gasteiger partial charge is 0.374 e. The van der Waals surface area contributed by atoms with Crippen LogP contribution in [-0.4, -0.2) is 41.1 Å². The lowest BCUT2D eigenvalue weighted by Gasteiger charge is -2.15. The number of hydrogen-bond acceptors (Lipinski definition) is 4. The van der Waals surface area contributed by atoms with Crippen molar-refractivity contribution >= 4 is 16.0 Å². The van der Waals surface area contributed by atoms with Crippen molar-refractivity contribution in [3.05, 3.63) is 71.3 Å². The van der Waals surface area contributed by atoms with Crippen molar-refractivity contribution in [1.82, 2.24) is 15.4 Å². The number of ether oxygens (including phenoxy) is 1. The average Bonchev–Trinajstić information content (AvgIpc) is 2.77. The lowest BCUT2D eigenvalue weighted by atomic mass is 10.1. The van der Waals surface area contributed by atoms with Gasteiger partial charge in [0.15, 0.2) is 5.96 Å². The van der Waals surface area contributed by atoms with Gasteiger partial charge in [-0.25, -0.2) is 18.1 Å². The Labute approximate surface area is 186 Å². The first-order chi connectivity index (χ1) is 14.9. The van der Waals surface area contributed by atoms with Crippen LogP contribution in [0.25, 0.3) is 0 Å². The number of nitrogens with one attached hydrogen (secondary N) is 3. The summed E-state index contributed by atoms with van der Waals surface area (Å²) in [5.41, 5.74) is 2.88. The molecule has 1 unspecified atom stereocenters. The summed E-state index contributed by atoms with van der Waals surface area (Å²) in [4.78, 5) is 4.61. The van der Waals surface area contributed by atoms with Gasteiger partial charge in [-0.05, 0) is 44.0 Å². The zero-order chi connectivity index (χ0) is 22.5. The first-order valence-electron chi connectivity index (χ1n) is 10.6. The molecule has 8 heteroatoms. The Morgan fingerprint density at radius 2 is 1.81 bits per heavy atom. The van der Waals surface area contributed by atoms with Crippen molar-refractivity contribution in [3.8, 4) is 0 Å². The van der Waals surface area contributed by atoms with Crippen LogP contribution in [0.4, 0.5) is 0 Å². The van der Waals surface area contributed by atoms with Gasteiger partial charge >= 0.3 is 0 Å². The van der Waals surface area contributed by atoms with E-state index in [1.807, 2.05) is 49.4 Å². The smallest absolute Gasteiger partial charge is 0.215 e. The number of sulfonamides is 1. The molecule has 31 heavy (non-hydrogen) atoms. The first kappa shape index (κ1) is 24.8. The molecule has 2 aromatic rings. The van der Waals surface area contributed by atoms with Gasteiger partial charge in [0, 0.05) is 19.7 Å². The van der Waals surface area contributed by atoms with Gasteiger partial charge in [-0.1, -0.05) is 54.6 Å². The highest BCUT2D eigenvalue weighted by atomic mass is 32.2. The molecular weight excluding hydrogens is 412 g/mol. The second-order valence-corrected chi connectivity index (χ2v) is 9.11. The van der Waals surface area contributed by atoms with Crippen LogP contribution in [0, 0.1) is 0 Å². The molecule has 0 aromatic heterocycles. The molecule has 7 nitrogen and oxygen atoms in total. The molecule has 0 amide bonds. The predicted octanol–water partition coefficient (Wildman–Crippen LogP) is 2.96. The maximum Gasteiger partial charge on any atom is 0.215 e. The summed E-state index contributed by atoms with van der Waals surface area (Å²) in [6.07, 6.45) is 0.931. The van der Waals surface area contributed by atoms with Gasteiger partial charge in [-0.15, -0.1) is 0 Å². The predicted molar refractivity (Wildman–Crippen MR) is 126 cm³/mol.